The number of nitrogen functional groups attached to an aromatic ring is 1. The average molecular weight is 257 g/mol. The highest BCUT2D eigenvalue weighted by Crippen LogP contribution is 2.22. The first-order chi connectivity index (χ1) is 9.10. The van der Waals surface area contributed by atoms with Crippen molar-refractivity contribution in [2.45, 2.75) is 6.92 Å². The van der Waals surface area contributed by atoms with E-state index in [1.54, 1.807) is 30.5 Å². The third-order valence-electron chi connectivity index (χ3n) is 2.65. The number of amides is 1. The van der Waals surface area contributed by atoms with Gasteiger partial charge >= 0.3 is 0 Å². The zero-order valence-corrected chi connectivity index (χ0v) is 10.8. The van der Waals surface area contributed by atoms with Gasteiger partial charge in [-0.05, 0) is 42.8 Å². The van der Waals surface area contributed by atoms with Crippen molar-refractivity contribution >= 4 is 17.4 Å². The van der Waals surface area contributed by atoms with Crippen LogP contribution in [-0.4, -0.2) is 18.0 Å². The van der Waals surface area contributed by atoms with E-state index in [0.29, 0.717) is 22.8 Å². The molecule has 2 aromatic rings. The van der Waals surface area contributed by atoms with E-state index in [2.05, 4.69) is 10.3 Å². The Bertz CT molecular complexity index is 611. The zero-order valence-electron chi connectivity index (χ0n) is 10.8. The highest BCUT2D eigenvalue weighted by atomic mass is 16.5. The smallest absolute Gasteiger partial charge is 0.256 e. The molecule has 5 nitrogen and oxygen atoms in total. The number of nitrogens with one attached hydrogen (secondary N) is 1. The van der Waals surface area contributed by atoms with Gasteiger partial charge in [0, 0.05) is 11.8 Å². The summed E-state index contributed by atoms with van der Waals surface area (Å²) < 4.78 is 5.08. The number of nitrogens with zero attached hydrogens (tertiary/aromatic N) is 1. The molecule has 0 spiro atoms. The zero-order chi connectivity index (χ0) is 13.8. The van der Waals surface area contributed by atoms with Crippen LogP contribution in [0.3, 0.4) is 0 Å². The summed E-state index contributed by atoms with van der Waals surface area (Å²) in [5, 5.41) is 2.72. The number of methoxy groups -OCH3 is 1. The van der Waals surface area contributed by atoms with Crippen LogP contribution < -0.4 is 15.8 Å². The van der Waals surface area contributed by atoms with Gasteiger partial charge < -0.3 is 15.8 Å². The molecule has 0 saturated heterocycles. The largest absolute Gasteiger partial charge is 0.495 e. The molecule has 1 aromatic carbocycles. The van der Waals surface area contributed by atoms with Crippen molar-refractivity contribution < 1.29 is 9.53 Å². The molecule has 3 N–H and O–H groups in total. The second kappa shape index (κ2) is 5.39. The lowest BCUT2D eigenvalue weighted by molar-refractivity contribution is 0.102. The molecule has 0 bridgehead atoms. The highest BCUT2D eigenvalue weighted by molar-refractivity contribution is 6.04. The summed E-state index contributed by atoms with van der Waals surface area (Å²) in [5.74, 6) is 0.738. The van der Waals surface area contributed by atoms with Crippen LogP contribution in [0.2, 0.25) is 0 Å². The van der Waals surface area contributed by atoms with Crippen LogP contribution in [0.4, 0.5) is 11.5 Å². The van der Waals surface area contributed by atoms with E-state index in [-0.39, 0.29) is 5.91 Å². The van der Waals surface area contributed by atoms with Crippen LogP contribution in [-0.2, 0) is 0 Å². The molecule has 0 radical (unpaired) electrons. The third-order valence-corrected chi connectivity index (χ3v) is 2.65. The minimum absolute atomic E-state index is 0.253. The van der Waals surface area contributed by atoms with Gasteiger partial charge in [-0.1, -0.05) is 0 Å². The van der Waals surface area contributed by atoms with Crippen molar-refractivity contribution in [3.05, 3.63) is 47.7 Å². The second-order valence-corrected chi connectivity index (χ2v) is 4.13. The fourth-order valence-electron chi connectivity index (χ4n) is 1.65. The van der Waals surface area contributed by atoms with Crippen LogP contribution in [0, 0.1) is 6.92 Å². The molecule has 0 saturated carbocycles. The van der Waals surface area contributed by atoms with Gasteiger partial charge in [-0.2, -0.15) is 0 Å². The standard InChI is InChI=1S/C14H15N3O2/c1-9-5-6-16-13(7-9)17-14(18)10-3-4-11(15)12(8-10)19-2/h3-8H,15H2,1-2H3,(H,16,17,18). The first-order valence-corrected chi connectivity index (χ1v) is 5.77. The number of nitrogens with two attached hydrogens (primary N) is 1. The van der Waals surface area contributed by atoms with Crippen LogP contribution >= 0.6 is 0 Å². The Kier molecular flexibility index (Phi) is 3.66. The number of carbonyl (C=O) groups is 1. The quantitative estimate of drug-likeness (QED) is 0.827. The van der Waals surface area contributed by atoms with E-state index in [1.807, 2.05) is 13.0 Å². The number of anilines is 2. The number of pyridine rings is 1. The van der Waals surface area contributed by atoms with Crippen LogP contribution in [0.5, 0.6) is 5.75 Å². The Morgan fingerprint density at radius 3 is 2.79 bits per heavy atom. The first-order valence-electron chi connectivity index (χ1n) is 5.77. The number of rotatable bonds is 3. The molecule has 1 heterocycles. The molecule has 0 fully saturated rings. The van der Waals surface area contributed by atoms with Gasteiger partial charge in [-0.15, -0.1) is 0 Å². The number of aryl methyl sites for hydroxylation is 1. The number of hydrogen-bond acceptors (Lipinski definition) is 4. The molecule has 0 aliphatic carbocycles. The van der Waals surface area contributed by atoms with Gasteiger partial charge in [0.2, 0.25) is 0 Å². The molecule has 2 rings (SSSR count). The Labute approximate surface area is 111 Å². The molecule has 0 atom stereocenters. The van der Waals surface area contributed by atoms with Crippen molar-refractivity contribution in [3.63, 3.8) is 0 Å². The fourth-order valence-corrected chi connectivity index (χ4v) is 1.65. The molecule has 19 heavy (non-hydrogen) atoms. The summed E-state index contributed by atoms with van der Waals surface area (Å²) in [6.07, 6.45) is 1.65. The summed E-state index contributed by atoms with van der Waals surface area (Å²) in [6, 6.07) is 8.54. The topological polar surface area (TPSA) is 77.2 Å². The third kappa shape index (κ3) is 3.01. The van der Waals surface area contributed by atoms with Gasteiger partial charge in [0.15, 0.2) is 0 Å². The fraction of sp³-hybridized carbons (Fsp3) is 0.143. The Balaban J connectivity index is 2.20. The summed E-state index contributed by atoms with van der Waals surface area (Å²) >= 11 is 0. The second-order valence-electron chi connectivity index (χ2n) is 4.13. The lowest BCUT2D eigenvalue weighted by Gasteiger charge is -2.08. The first kappa shape index (κ1) is 12.9. The summed E-state index contributed by atoms with van der Waals surface area (Å²) in [7, 11) is 1.51. The Morgan fingerprint density at radius 2 is 2.11 bits per heavy atom. The minimum Gasteiger partial charge on any atom is -0.495 e. The van der Waals surface area contributed by atoms with Crippen molar-refractivity contribution in [3.8, 4) is 5.75 Å². The summed E-state index contributed by atoms with van der Waals surface area (Å²) in [5.41, 5.74) is 7.69. The van der Waals surface area contributed by atoms with Gasteiger partial charge in [0.1, 0.15) is 11.6 Å². The molecule has 98 valence electrons. The molecule has 0 unspecified atom stereocenters. The lowest BCUT2D eigenvalue weighted by Crippen LogP contribution is -2.13. The molecular weight excluding hydrogens is 242 g/mol. The van der Waals surface area contributed by atoms with Crippen molar-refractivity contribution in [2.75, 3.05) is 18.2 Å². The molecular formula is C14H15N3O2. The minimum atomic E-state index is -0.253. The van der Waals surface area contributed by atoms with E-state index < -0.39 is 0 Å². The predicted molar refractivity (Wildman–Crippen MR) is 74.3 cm³/mol. The monoisotopic (exact) mass is 257 g/mol. The number of benzene rings is 1. The number of carbonyl (C=O) groups excluding carboxylic acids is 1. The predicted octanol–water partition coefficient (Wildman–Crippen LogP) is 2.23. The van der Waals surface area contributed by atoms with E-state index in [0.717, 1.165) is 5.56 Å². The maximum absolute atomic E-state index is 12.1. The molecule has 0 aliphatic heterocycles. The molecule has 5 heteroatoms. The Hall–Kier alpha value is -2.56. The average Bonchev–Trinajstić information content (AvgIpc) is 2.39. The number of hydrogen-bond donors (Lipinski definition) is 2. The maximum Gasteiger partial charge on any atom is 0.256 e. The van der Waals surface area contributed by atoms with Gasteiger partial charge in [-0.3, -0.25) is 4.79 Å². The van der Waals surface area contributed by atoms with E-state index in [4.69, 9.17) is 10.5 Å². The molecule has 0 aliphatic rings. The van der Waals surface area contributed by atoms with Crippen LogP contribution in [0.1, 0.15) is 15.9 Å². The maximum atomic E-state index is 12.1. The van der Waals surface area contributed by atoms with Crippen LogP contribution in [0.25, 0.3) is 0 Å². The van der Waals surface area contributed by atoms with Crippen LogP contribution in [0.15, 0.2) is 36.5 Å². The molecule has 1 amide bonds. The SMILES string of the molecule is COc1cc(C(=O)Nc2cc(C)ccn2)ccc1N. The van der Waals surface area contributed by atoms with Crippen molar-refractivity contribution in [1.82, 2.24) is 4.98 Å². The van der Waals surface area contributed by atoms with E-state index in [1.165, 1.54) is 7.11 Å². The normalized spacial score (nSPS) is 10.0. The lowest BCUT2D eigenvalue weighted by atomic mass is 10.1. The van der Waals surface area contributed by atoms with Gasteiger partial charge in [-0.25, -0.2) is 4.98 Å². The highest BCUT2D eigenvalue weighted by Gasteiger charge is 2.09. The summed E-state index contributed by atoms with van der Waals surface area (Å²) in [4.78, 5) is 16.1. The Morgan fingerprint density at radius 1 is 1.32 bits per heavy atom. The van der Waals surface area contributed by atoms with E-state index in [9.17, 15) is 4.79 Å². The van der Waals surface area contributed by atoms with E-state index >= 15 is 0 Å². The van der Waals surface area contributed by atoms with Gasteiger partial charge in [0.25, 0.3) is 5.91 Å². The van der Waals surface area contributed by atoms with Crippen molar-refractivity contribution in [1.29, 1.82) is 0 Å². The molecule has 1 aromatic heterocycles. The van der Waals surface area contributed by atoms with Crippen molar-refractivity contribution in [2.24, 2.45) is 0 Å². The number of ether oxygens (including phenoxy) is 1. The summed E-state index contributed by atoms with van der Waals surface area (Å²) in [6.45, 7) is 1.93. The number of aromatic nitrogens is 1. The van der Waals surface area contributed by atoms with Gasteiger partial charge in [0.05, 0.1) is 12.8 Å².